The fourth-order valence-electron chi connectivity index (χ4n) is 2.16. The summed E-state index contributed by atoms with van der Waals surface area (Å²) in [6.07, 6.45) is 1.52. The third-order valence-corrected chi connectivity index (χ3v) is 4.68. The number of aliphatic hydroxyl groups is 1. The number of aliphatic hydroxyl groups excluding tert-OH is 1. The monoisotopic (exact) mass is 318 g/mol. The summed E-state index contributed by atoms with van der Waals surface area (Å²) in [6.45, 7) is 6.01. The van der Waals surface area contributed by atoms with Crippen LogP contribution in [0.15, 0.2) is 36.5 Å². The fraction of sp³-hybridized carbons (Fsp3) is 0.412. The number of carbonyl (C=O) groups is 1. The van der Waals surface area contributed by atoms with Gasteiger partial charge < -0.3 is 10.4 Å². The second kappa shape index (κ2) is 7.51. The van der Waals surface area contributed by atoms with Crippen LogP contribution < -0.4 is 5.32 Å². The SMILES string of the molecule is CC(CC(O)c1ccccc1)NC(=O)c1cnc(C(C)C)s1. The molecule has 1 aromatic heterocycles. The quantitative estimate of drug-likeness (QED) is 0.857. The predicted molar refractivity (Wildman–Crippen MR) is 89.2 cm³/mol. The molecule has 118 valence electrons. The van der Waals surface area contributed by atoms with Gasteiger partial charge in [0.2, 0.25) is 0 Å². The molecule has 4 nitrogen and oxygen atoms in total. The Labute approximate surface area is 135 Å². The van der Waals surface area contributed by atoms with Crippen LogP contribution in [0.25, 0.3) is 0 Å². The van der Waals surface area contributed by atoms with E-state index in [9.17, 15) is 9.90 Å². The Hall–Kier alpha value is -1.72. The maximum atomic E-state index is 12.2. The molecule has 22 heavy (non-hydrogen) atoms. The molecule has 0 aliphatic heterocycles. The third kappa shape index (κ3) is 4.39. The highest BCUT2D eigenvalue weighted by atomic mass is 32.1. The largest absolute Gasteiger partial charge is 0.388 e. The van der Waals surface area contributed by atoms with Gasteiger partial charge in [0, 0.05) is 12.0 Å². The highest BCUT2D eigenvalue weighted by Gasteiger charge is 2.17. The molecule has 0 saturated heterocycles. The van der Waals surface area contributed by atoms with Gasteiger partial charge in [-0.1, -0.05) is 44.2 Å². The molecule has 1 amide bonds. The lowest BCUT2D eigenvalue weighted by atomic mass is 10.0. The van der Waals surface area contributed by atoms with Gasteiger partial charge in [0.1, 0.15) is 4.88 Å². The molecule has 0 aliphatic carbocycles. The number of thiazole rings is 1. The molecular weight excluding hydrogens is 296 g/mol. The van der Waals surface area contributed by atoms with Crippen molar-refractivity contribution in [1.82, 2.24) is 10.3 Å². The summed E-state index contributed by atoms with van der Waals surface area (Å²) in [5, 5.41) is 14.1. The van der Waals surface area contributed by atoms with Crippen LogP contribution in [0, 0.1) is 0 Å². The minimum Gasteiger partial charge on any atom is -0.388 e. The van der Waals surface area contributed by atoms with Gasteiger partial charge in [-0.3, -0.25) is 4.79 Å². The van der Waals surface area contributed by atoms with Crippen LogP contribution in [0.4, 0.5) is 0 Å². The summed E-state index contributed by atoms with van der Waals surface area (Å²) < 4.78 is 0. The molecule has 0 saturated carbocycles. The van der Waals surface area contributed by atoms with Crippen molar-refractivity contribution < 1.29 is 9.90 Å². The lowest BCUT2D eigenvalue weighted by Crippen LogP contribution is -2.33. The first-order valence-electron chi connectivity index (χ1n) is 7.47. The maximum Gasteiger partial charge on any atom is 0.263 e. The van der Waals surface area contributed by atoms with Crippen LogP contribution in [0.1, 0.15) is 59.5 Å². The van der Waals surface area contributed by atoms with Crippen LogP contribution in [-0.4, -0.2) is 22.0 Å². The van der Waals surface area contributed by atoms with Crippen molar-refractivity contribution in [3.05, 3.63) is 52.0 Å². The maximum absolute atomic E-state index is 12.2. The van der Waals surface area contributed by atoms with Gasteiger partial charge in [-0.2, -0.15) is 0 Å². The smallest absolute Gasteiger partial charge is 0.263 e. The molecule has 1 aromatic carbocycles. The Bertz CT molecular complexity index is 610. The zero-order valence-corrected chi connectivity index (χ0v) is 13.9. The summed E-state index contributed by atoms with van der Waals surface area (Å²) in [7, 11) is 0. The van der Waals surface area contributed by atoms with Crippen LogP contribution >= 0.6 is 11.3 Å². The zero-order chi connectivity index (χ0) is 16.1. The molecule has 0 aliphatic rings. The Balaban J connectivity index is 1.90. The second-order valence-electron chi connectivity index (χ2n) is 5.75. The van der Waals surface area contributed by atoms with Gasteiger partial charge in [0.15, 0.2) is 0 Å². The Morgan fingerprint density at radius 1 is 1.27 bits per heavy atom. The number of benzene rings is 1. The Morgan fingerprint density at radius 3 is 2.55 bits per heavy atom. The summed E-state index contributed by atoms with van der Waals surface area (Å²) >= 11 is 1.42. The number of nitrogens with zero attached hydrogens (tertiary/aromatic N) is 1. The highest BCUT2D eigenvalue weighted by molar-refractivity contribution is 7.13. The average molecular weight is 318 g/mol. The number of hydrogen-bond acceptors (Lipinski definition) is 4. The third-order valence-electron chi connectivity index (χ3n) is 3.38. The molecule has 5 heteroatoms. The van der Waals surface area contributed by atoms with Crippen molar-refractivity contribution in [2.75, 3.05) is 0 Å². The number of amides is 1. The van der Waals surface area contributed by atoms with E-state index in [1.54, 1.807) is 6.20 Å². The van der Waals surface area contributed by atoms with Crippen LogP contribution in [-0.2, 0) is 0 Å². The van der Waals surface area contributed by atoms with E-state index in [2.05, 4.69) is 24.1 Å². The molecule has 2 aromatic rings. The lowest BCUT2D eigenvalue weighted by Gasteiger charge is -2.17. The van der Waals surface area contributed by atoms with Crippen LogP contribution in [0.2, 0.25) is 0 Å². The molecule has 0 fully saturated rings. The van der Waals surface area contributed by atoms with E-state index in [-0.39, 0.29) is 11.9 Å². The summed E-state index contributed by atoms with van der Waals surface area (Å²) in [6, 6.07) is 9.36. The van der Waals surface area contributed by atoms with Gasteiger partial charge in [0.25, 0.3) is 5.91 Å². The van der Waals surface area contributed by atoms with Gasteiger partial charge >= 0.3 is 0 Å². The lowest BCUT2D eigenvalue weighted by molar-refractivity contribution is 0.0921. The van der Waals surface area contributed by atoms with E-state index in [1.165, 1.54) is 11.3 Å². The van der Waals surface area contributed by atoms with Crippen molar-refractivity contribution in [3.63, 3.8) is 0 Å². The molecule has 1 heterocycles. The van der Waals surface area contributed by atoms with Crippen molar-refractivity contribution in [2.24, 2.45) is 0 Å². The average Bonchev–Trinajstić information content (AvgIpc) is 2.98. The molecule has 0 spiro atoms. The molecule has 2 atom stereocenters. The number of nitrogens with one attached hydrogen (secondary N) is 1. The summed E-state index contributed by atoms with van der Waals surface area (Å²) in [5.74, 6) is 0.195. The topological polar surface area (TPSA) is 62.2 Å². The second-order valence-corrected chi connectivity index (χ2v) is 6.82. The first-order chi connectivity index (χ1) is 10.5. The Morgan fingerprint density at radius 2 is 1.95 bits per heavy atom. The summed E-state index contributed by atoms with van der Waals surface area (Å²) in [4.78, 5) is 17.1. The van der Waals surface area contributed by atoms with E-state index >= 15 is 0 Å². The number of aromatic nitrogens is 1. The fourth-order valence-corrected chi connectivity index (χ4v) is 2.98. The number of rotatable bonds is 6. The van der Waals surface area contributed by atoms with Crippen LogP contribution in [0.3, 0.4) is 0 Å². The van der Waals surface area contributed by atoms with E-state index in [0.717, 1.165) is 10.6 Å². The molecule has 2 unspecified atom stereocenters. The Kier molecular flexibility index (Phi) is 5.69. The van der Waals surface area contributed by atoms with Crippen molar-refractivity contribution in [1.29, 1.82) is 0 Å². The van der Waals surface area contributed by atoms with Gasteiger partial charge in [-0.15, -0.1) is 11.3 Å². The number of carbonyl (C=O) groups excluding carboxylic acids is 1. The molecular formula is C17H22N2O2S. The van der Waals surface area contributed by atoms with E-state index in [1.807, 2.05) is 37.3 Å². The van der Waals surface area contributed by atoms with Crippen molar-refractivity contribution in [3.8, 4) is 0 Å². The number of hydrogen-bond donors (Lipinski definition) is 2. The molecule has 2 N–H and O–H groups in total. The highest BCUT2D eigenvalue weighted by Crippen LogP contribution is 2.22. The minimum absolute atomic E-state index is 0.118. The van der Waals surface area contributed by atoms with Gasteiger partial charge in [-0.05, 0) is 18.9 Å². The van der Waals surface area contributed by atoms with E-state index in [0.29, 0.717) is 17.2 Å². The first-order valence-corrected chi connectivity index (χ1v) is 8.28. The van der Waals surface area contributed by atoms with Crippen molar-refractivity contribution >= 4 is 17.2 Å². The van der Waals surface area contributed by atoms with E-state index in [4.69, 9.17) is 0 Å². The van der Waals surface area contributed by atoms with Gasteiger partial charge in [0.05, 0.1) is 17.3 Å². The molecule has 2 rings (SSSR count). The standard InChI is InChI=1S/C17H22N2O2S/c1-11(2)17-18-10-15(22-17)16(21)19-12(3)9-14(20)13-7-5-4-6-8-13/h4-8,10-12,14,20H,9H2,1-3H3,(H,19,21). The first kappa shape index (κ1) is 16.6. The van der Waals surface area contributed by atoms with Gasteiger partial charge in [-0.25, -0.2) is 4.98 Å². The molecule has 0 radical (unpaired) electrons. The zero-order valence-electron chi connectivity index (χ0n) is 13.1. The van der Waals surface area contributed by atoms with Crippen LogP contribution in [0.5, 0.6) is 0 Å². The van der Waals surface area contributed by atoms with Crippen molar-refractivity contribution in [2.45, 2.75) is 45.3 Å². The predicted octanol–water partition coefficient (Wildman–Crippen LogP) is 3.51. The molecule has 0 bridgehead atoms. The summed E-state index contributed by atoms with van der Waals surface area (Å²) in [5.41, 5.74) is 0.864. The minimum atomic E-state index is -0.579. The normalized spacial score (nSPS) is 13.9. The van der Waals surface area contributed by atoms with E-state index < -0.39 is 6.10 Å².